The van der Waals surface area contributed by atoms with E-state index in [1.54, 1.807) is 0 Å². The molecule has 10 heteroatoms. The summed E-state index contributed by atoms with van der Waals surface area (Å²) in [5.41, 5.74) is -3.44. The van der Waals surface area contributed by atoms with Gasteiger partial charge in [0.2, 0.25) is 0 Å². The number of benzene rings is 1. The van der Waals surface area contributed by atoms with Crippen LogP contribution in [0.3, 0.4) is 0 Å². The van der Waals surface area contributed by atoms with E-state index >= 15 is 0 Å². The molecule has 1 aromatic rings. The first-order valence-corrected chi connectivity index (χ1v) is 5.85. The Morgan fingerprint density at radius 2 is 1.32 bits per heavy atom. The minimum absolute atomic E-state index is 0.509. The van der Waals surface area contributed by atoms with Gasteiger partial charge in [0, 0.05) is 0 Å². The summed E-state index contributed by atoms with van der Waals surface area (Å²) >= 11 is 0. The van der Waals surface area contributed by atoms with E-state index in [9.17, 15) is 22.8 Å². The third kappa shape index (κ3) is 2.69. The second-order valence-electron chi connectivity index (χ2n) is 3.25. The van der Waals surface area contributed by atoms with Crippen LogP contribution in [0, 0.1) is 0 Å². The Labute approximate surface area is 105 Å². The number of hydrogen-bond acceptors (Lipinski definition) is 5. The number of rotatable bonds is 4. The molecule has 9 nitrogen and oxygen atoms in total. The molecule has 19 heavy (non-hydrogen) atoms. The monoisotopic (exact) mass is 290 g/mol. The minimum atomic E-state index is -5.01. The van der Waals surface area contributed by atoms with Crippen molar-refractivity contribution in [1.29, 1.82) is 0 Å². The average Bonchev–Trinajstić information content (AvgIpc) is 2.25. The fourth-order valence-electron chi connectivity index (χ4n) is 1.41. The summed E-state index contributed by atoms with van der Waals surface area (Å²) in [6.45, 7) is 0. The summed E-state index contributed by atoms with van der Waals surface area (Å²) in [4.78, 5) is 31.5. The molecule has 102 valence electrons. The molecule has 0 unspecified atom stereocenters. The lowest BCUT2D eigenvalue weighted by atomic mass is 10.0. The third-order valence-electron chi connectivity index (χ3n) is 2.10. The molecule has 0 bridgehead atoms. The number of carbonyl (C=O) groups is 3. The van der Waals surface area contributed by atoms with E-state index in [0.29, 0.717) is 12.1 Å². The van der Waals surface area contributed by atoms with Crippen molar-refractivity contribution in [3.05, 3.63) is 28.8 Å². The van der Waals surface area contributed by atoms with Gasteiger partial charge < -0.3 is 15.3 Å². The first-order valence-electron chi connectivity index (χ1n) is 4.41. The van der Waals surface area contributed by atoms with Gasteiger partial charge >= 0.3 is 17.9 Å². The highest BCUT2D eigenvalue weighted by Crippen LogP contribution is 2.24. The molecule has 0 aliphatic heterocycles. The van der Waals surface area contributed by atoms with Crippen LogP contribution in [0.1, 0.15) is 31.1 Å². The molecular formula is C9H6O9S. The van der Waals surface area contributed by atoms with Gasteiger partial charge in [-0.2, -0.15) is 8.42 Å². The molecule has 0 saturated heterocycles. The Kier molecular flexibility index (Phi) is 3.58. The predicted octanol–water partition coefficient (Wildman–Crippen LogP) is 0.0279. The van der Waals surface area contributed by atoms with E-state index in [-0.39, 0.29) is 0 Å². The van der Waals surface area contributed by atoms with Crippen LogP contribution in [0.4, 0.5) is 0 Å². The van der Waals surface area contributed by atoms with E-state index in [1.165, 1.54) is 0 Å². The van der Waals surface area contributed by atoms with E-state index in [0.717, 1.165) is 0 Å². The maximum absolute atomic E-state index is 11.0. The molecule has 1 rings (SSSR count). The van der Waals surface area contributed by atoms with Crippen molar-refractivity contribution < 1.29 is 42.7 Å². The van der Waals surface area contributed by atoms with Crippen molar-refractivity contribution in [2.24, 2.45) is 0 Å². The zero-order valence-corrected chi connectivity index (χ0v) is 9.71. The number of carboxylic acid groups (broad SMARTS) is 3. The van der Waals surface area contributed by atoms with Crippen molar-refractivity contribution in [2.75, 3.05) is 0 Å². The number of aromatic carboxylic acids is 3. The molecule has 0 radical (unpaired) electrons. The fraction of sp³-hybridized carbons (Fsp3) is 0. The number of hydrogen-bond donors (Lipinski definition) is 4. The molecular weight excluding hydrogens is 284 g/mol. The van der Waals surface area contributed by atoms with Crippen LogP contribution in [0.15, 0.2) is 17.0 Å². The standard InChI is InChI=1S/C9H6O9S/c10-7(11)3-1-2-4(19(16,17)18)6(9(14)15)5(3)8(12)13/h1-2H,(H,10,11)(H,12,13)(H,14,15)(H,16,17,18). The van der Waals surface area contributed by atoms with Gasteiger partial charge in [0.1, 0.15) is 4.90 Å². The van der Waals surface area contributed by atoms with Crippen LogP contribution in [0.2, 0.25) is 0 Å². The smallest absolute Gasteiger partial charge is 0.338 e. The number of carboxylic acids is 3. The van der Waals surface area contributed by atoms with Crippen LogP contribution < -0.4 is 0 Å². The highest BCUT2D eigenvalue weighted by Gasteiger charge is 2.31. The van der Waals surface area contributed by atoms with Gasteiger partial charge in [0.15, 0.2) is 0 Å². The normalized spacial score (nSPS) is 11.0. The lowest BCUT2D eigenvalue weighted by molar-refractivity contribution is 0.0630. The highest BCUT2D eigenvalue weighted by molar-refractivity contribution is 7.86. The molecule has 0 heterocycles. The Balaban J connectivity index is 3.96. The summed E-state index contributed by atoms with van der Waals surface area (Å²) in [6, 6.07) is 1.09. The topological polar surface area (TPSA) is 166 Å². The van der Waals surface area contributed by atoms with E-state index < -0.39 is 49.6 Å². The van der Waals surface area contributed by atoms with Gasteiger partial charge in [-0.3, -0.25) is 4.55 Å². The maximum atomic E-state index is 11.0. The molecule has 0 aliphatic carbocycles. The summed E-state index contributed by atoms with van der Waals surface area (Å²) in [7, 11) is -5.01. The first-order chi connectivity index (χ1) is 8.57. The van der Waals surface area contributed by atoms with Crippen LogP contribution in [-0.2, 0) is 10.1 Å². The third-order valence-corrected chi connectivity index (χ3v) is 3.00. The molecule has 0 aromatic heterocycles. The molecule has 0 fully saturated rings. The minimum Gasteiger partial charge on any atom is -0.478 e. The van der Waals surface area contributed by atoms with E-state index in [2.05, 4.69) is 0 Å². The first kappa shape index (κ1) is 14.6. The molecule has 0 atom stereocenters. The molecule has 0 saturated carbocycles. The van der Waals surface area contributed by atoms with Crippen molar-refractivity contribution >= 4 is 28.0 Å². The van der Waals surface area contributed by atoms with Crippen molar-refractivity contribution in [3.63, 3.8) is 0 Å². The van der Waals surface area contributed by atoms with Crippen molar-refractivity contribution in [2.45, 2.75) is 4.90 Å². The van der Waals surface area contributed by atoms with Crippen molar-refractivity contribution in [1.82, 2.24) is 0 Å². The summed E-state index contributed by atoms with van der Waals surface area (Å²) in [6.07, 6.45) is 0. The molecule has 0 amide bonds. The van der Waals surface area contributed by atoms with Crippen LogP contribution in [0.5, 0.6) is 0 Å². The van der Waals surface area contributed by atoms with Crippen LogP contribution in [-0.4, -0.2) is 46.2 Å². The van der Waals surface area contributed by atoms with E-state index in [4.69, 9.17) is 19.9 Å². The highest BCUT2D eigenvalue weighted by atomic mass is 32.2. The second-order valence-corrected chi connectivity index (χ2v) is 4.64. The van der Waals surface area contributed by atoms with Crippen LogP contribution in [0.25, 0.3) is 0 Å². The van der Waals surface area contributed by atoms with Gasteiger partial charge in [-0.1, -0.05) is 0 Å². The zero-order chi connectivity index (χ0) is 15.0. The molecule has 0 aliphatic rings. The SMILES string of the molecule is O=C(O)c1ccc(S(=O)(=O)O)c(C(=O)O)c1C(=O)O. The fourth-order valence-corrected chi connectivity index (χ4v) is 2.10. The summed E-state index contributed by atoms with van der Waals surface area (Å²) in [5, 5.41) is 26.4. The van der Waals surface area contributed by atoms with Crippen LogP contribution >= 0.6 is 0 Å². The quantitative estimate of drug-likeness (QED) is 0.559. The predicted molar refractivity (Wildman–Crippen MR) is 57.1 cm³/mol. The van der Waals surface area contributed by atoms with Gasteiger partial charge in [0.25, 0.3) is 10.1 Å². The van der Waals surface area contributed by atoms with Gasteiger partial charge in [0.05, 0.1) is 16.7 Å². The lowest BCUT2D eigenvalue weighted by Crippen LogP contribution is -2.18. The van der Waals surface area contributed by atoms with Crippen molar-refractivity contribution in [3.8, 4) is 0 Å². The summed E-state index contributed by atoms with van der Waals surface area (Å²) < 4.78 is 30.8. The Hall–Kier alpha value is -2.46. The van der Waals surface area contributed by atoms with Gasteiger partial charge in [-0.05, 0) is 12.1 Å². The maximum Gasteiger partial charge on any atom is 0.338 e. The Morgan fingerprint density at radius 1 is 0.842 bits per heavy atom. The molecule has 4 N–H and O–H groups in total. The Morgan fingerprint density at radius 3 is 1.63 bits per heavy atom. The second kappa shape index (κ2) is 4.66. The zero-order valence-electron chi connectivity index (χ0n) is 8.89. The van der Waals surface area contributed by atoms with Gasteiger partial charge in [-0.25, -0.2) is 14.4 Å². The van der Waals surface area contributed by atoms with Gasteiger partial charge in [-0.15, -0.1) is 0 Å². The summed E-state index contributed by atoms with van der Waals surface area (Å²) in [5.74, 6) is -5.68. The lowest BCUT2D eigenvalue weighted by Gasteiger charge is -2.09. The molecule has 1 aromatic carbocycles. The average molecular weight is 290 g/mol. The molecule has 0 spiro atoms. The largest absolute Gasteiger partial charge is 0.478 e. The Bertz CT molecular complexity index is 686. The van der Waals surface area contributed by atoms with E-state index in [1.807, 2.05) is 0 Å².